The van der Waals surface area contributed by atoms with Gasteiger partial charge in [-0.2, -0.15) is 0 Å². The number of rotatable bonds is 11. The Bertz CT molecular complexity index is 1560. The Balaban J connectivity index is 1.50. The number of aryl methyl sites for hydroxylation is 1. The highest BCUT2D eigenvalue weighted by molar-refractivity contribution is 6.04. The standard InChI is InChI=1S/C33H40N6O7/c1-19(2)14-26(37(4)30(42)23-11-10-22(34)15-20(23)3)32(44)38-13-12-25-29(38)27(40)17-39(25)31(43)24(16-28(35)41)36-33(45)46-18-21-8-6-5-7-9-21/h5-12,15,19,24,26,29H,13-14,16-18,34H2,1-4H3,(H2,35,41)(H,36,45)/t24-,26-,29?/m0/s1. The number of anilines is 1. The van der Waals surface area contributed by atoms with Gasteiger partial charge in [0.1, 0.15) is 24.7 Å². The molecule has 2 aromatic carbocycles. The van der Waals surface area contributed by atoms with Crippen molar-refractivity contribution in [2.24, 2.45) is 11.7 Å². The third kappa shape index (κ3) is 7.53. The second-order valence-corrected chi connectivity index (χ2v) is 12.0. The quantitative estimate of drug-likeness (QED) is 0.313. The van der Waals surface area contributed by atoms with Gasteiger partial charge in [0.15, 0.2) is 5.78 Å². The molecule has 2 aliphatic heterocycles. The molecule has 0 aromatic heterocycles. The molecule has 13 heteroatoms. The number of carbonyl (C=O) groups excluding carboxylic acids is 6. The van der Waals surface area contributed by atoms with E-state index in [2.05, 4.69) is 5.32 Å². The van der Waals surface area contributed by atoms with E-state index in [-0.39, 0.29) is 37.2 Å². The molecule has 0 aliphatic carbocycles. The first kappa shape index (κ1) is 33.7. The molecule has 0 spiro atoms. The summed E-state index contributed by atoms with van der Waals surface area (Å²) in [6.45, 7) is 5.21. The highest BCUT2D eigenvalue weighted by Gasteiger charge is 2.49. The van der Waals surface area contributed by atoms with Crippen LogP contribution >= 0.6 is 0 Å². The van der Waals surface area contributed by atoms with Crippen molar-refractivity contribution in [3.8, 4) is 0 Å². The number of Topliss-reactive ketones (excluding diaryl/α,β-unsaturated/α-hetero) is 1. The van der Waals surface area contributed by atoms with Crippen molar-refractivity contribution in [3.05, 3.63) is 77.0 Å². The third-order valence-corrected chi connectivity index (χ3v) is 8.03. The first-order valence-corrected chi connectivity index (χ1v) is 15.0. The van der Waals surface area contributed by atoms with Crippen LogP contribution in [0.15, 0.2) is 60.3 Å². The lowest BCUT2D eigenvalue weighted by Gasteiger charge is -2.34. The SMILES string of the molecule is Cc1cc(N)ccc1C(=O)N(C)[C@@H](CC(C)C)C(=O)N1CC=C2C1C(=O)CN2C(=O)[C@H](CC(N)=O)NC(=O)OCc1ccccc1. The number of nitrogen functional groups attached to an aromatic ring is 1. The number of alkyl carbamates (subject to hydrolysis) is 1. The van der Waals surface area contributed by atoms with Crippen LogP contribution in [-0.4, -0.2) is 88.5 Å². The van der Waals surface area contributed by atoms with Gasteiger partial charge in [-0.25, -0.2) is 4.79 Å². The molecule has 5 amide bonds. The predicted molar refractivity (Wildman–Crippen MR) is 169 cm³/mol. The summed E-state index contributed by atoms with van der Waals surface area (Å²) in [6, 6.07) is 10.5. The van der Waals surface area contributed by atoms with Gasteiger partial charge in [-0.05, 0) is 54.7 Å². The fourth-order valence-corrected chi connectivity index (χ4v) is 5.74. The molecule has 46 heavy (non-hydrogen) atoms. The number of likely N-dealkylation sites (N-methyl/N-ethyl adjacent to an activating group) is 1. The average molecular weight is 633 g/mol. The van der Waals surface area contributed by atoms with E-state index in [1.165, 1.54) is 9.80 Å². The van der Waals surface area contributed by atoms with E-state index in [9.17, 15) is 28.8 Å². The van der Waals surface area contributed by atoms with Crippen LogP contribution < -0.4 is 16.8 Å². The smallest absolute Gasteiger partial charge is 0.408 e. The van der Waals surface area contributed by atoms with Crippen LogP contribution in [0.4, 0.5) is 10.5 Å². The highest BCUT2D eigenvalue weighted by atomic mass is 16.5. The van der Waals surface area contributed by atoms with E-state index in [1.807, 2.05) is 19.9 Å². The maximum absolute atomic E-state index is 14.1. The molecule has 3 atom stereocenters. The number of amides is 5. The fourth-order valence-electron chi connectivity index (χ4n) is 5.74. The van der Waals surface area contributed by atoms with Crippen molar-refractivity contribution in [2.75, 3.05) is 25.9 Å². The number of ether oxygens (including phenoxy) is 1. The number of carbonyl (C=O) groups is 6. The molecule has 2 aromatic rings. The number of primary amides is 1. The van der Waals surface area contributed by atoms with Gasteiger partial charge < -0.3 is 36.2 Å². The summed E-state index contributed by atoms with van der Waals surface area (Å²) >= 11 is 0. The van der Waals surface area contributed by atoms with Gasteiger partial charge in [-0.1, -0.05) is 44.2 Å². The molecule has 2 heterocycles. The van der Waals surface area contributed by atoms with E-state index in [0.717, 1.165) is 10.5 Å². The largest absolute Gasteiger partial charge is 0.445 e. The van der Waals surface area contributed by atoms with Crippen LogP contribution in [-0.2, 0) is 30.5 Å². The zero-order chi connectivity index (χ0) is 33.7. The lowest BCUT2D eigenvalue weighted by atomic mass is 9.99. The molecule has 0 radical (unpaired) electrons. The number of benzene rings is 2. The third-order valence-electron chi connectivity index (χ3n) is 8.03. The van der Waals surface area contributed by atoms with Crippen molar-refractivity contribution in [2.45, 2.75) is 58.3 Å². The molecule has 0 bridgehead atoms. The average Bonchev–Trinajstić information content (AvgIpc) is 3.58. The van der Waals surface area contributed by atoms with Gasteiger partial charge in [-0.3, -0.25) is 24.0 Å². The fraction of sp³-hybridized carbons (Fsp3) is 0.394. The number of nitrogens with one attached hydrogen (secondary N) is 1. The number of fused-ring (bicyclic) bond motifs is 1. The summed E-state index contributed by atoms with van der Waals surface area (Å²) in [5.41, 5.74) is 13.8. The molecular formula is C33H40N6O7. The molecule has 5 N–H and O–H groups in total. The number of nitrogens with zero attached hydrogens (tertiary/aromatic N) is 3. The number of likely N-dealkylation sites (tertiary alicyclic amines) is 1. The van der Waals surface area contributed by atoms with E-state index in [4.69, 9.17) is 16.2 Å². The number of hydrogen-bond donors (Lipinski definition) is 3. The molecule has 13 nitrogen and oxygen atoms in total. The normalized spacial score (nSPS) is 16.8. The second kappa shape index (κ2) is 14.3. The first-order valence-electron chi connectivity index (χ1n) is 15.0. The van der Waals surface area contributed by atoms with Gasteiger partial charge in [0, 0.05) is 30.5 Å². The molecule has 1 unspecified atom stereocenters. The van der Waals surface area contributed by atoms with Gasteiger partial charge in [-0.15, -0.1) is 0 Å². The minimum absolute atomic E-state index is 0.0267. The number of nitrogens with two attached hydrogens (primary N) is 2. The summed E-state index contributed by atoms with van der Waals surface area (Å²) < 4.78 is 5.21. The van der Waals surface area contributed by atoms with E-state index < -0.39 is 54.1 Å². The second-order valence-electron chi connectivity index (χ2n) is 12.0. The van der Waals surface area contributed by atoms with Crippen LogP contribution in [0.5, 0.6) is 0 Å². The van der Waals surface area contributed by atoms with Crippen molar-refractivity contribution in [1.29, 1.82) is 0 Å². The van der Waals surface area contributed by atoms with Crippen LogP contribution in [0.3, 0.4) is 0 Å². The van der Waals surface area contributed by atoms with Crippen LogP contribution in [0.2, 0.25) is 0 Å². The van der Waals surface area contributed by atoms with Gasteiger partial charge >= 0.3 is 6.09 Å². The van der Waals surface area contributed by atoms with Gasteiger partial charge in [0.2, 0.25) is 17.7 Å². The number of hydrogen-bond acceptors (Lipinski definition) is 8. The highest BCUT2D eigenvalue weighted by Crippen LogP contribution is 2.32. The summed E-state index contributed by atoms with van der Waals surface area (Å²) in [5, 5.41) is 2.39. The topological polar surface area (TPSA) is 185 Å². The molecule has 1 fully saturated rings. The molecule has 244 valence electrons. The summed E-state index contributed by atoms with van der Waals surface area (Å²) in [7, 11) is 1.55. The molecule has 4 rings (SSSR count). The Hall–Kier alpha value is -5.20. The van der Waals surface area contributed by atoms with E-state index in [1.54, 1.807) is 62.5 Å². The molecule has 2 aliphatic rings. The van der Waals surface area contributed by atoms with E-state index in [0.29, 0.717) is 23.2 Å². The monoisotopic (exact) mass is 632 g/mol. The van der Waals surface area contributed by atoms with Crippen LogP contribution in [0.1, 0.15) is 48.2 Å². The summed E-state index contributed by atoms with van der Waals surface area (Å²) in [4.78, 5) is 82.9. The number of ketones is 1. The van der Waals surface area contributed by atoms with Crippen LogP contribution in [0.25, 0.3) is 0 Å². The molecule has 0 saturated carbocycles. The Labute approximate surface area is 267 Å². The van der Waals surface area contributed by atoms with Crippen molar-refractivity contribution < 1.29 is 33.5 Å². The molecule has 1 saturated heterocycles. The molecular weight excluding hydrogens is 592 g/mol. The Morgan fingerprint density at radius 2 is 1.76 bits per heavy atom. The van der Waals surface area contributed by atoms with E-state index >= 15 is 0 Å². The lowest BCUT2D eigenvalue weighted by Crippen LogP contribution is -2.53. The van der Waals surface area contributed by atoms with Crippen molar-refractivity contribution in [1.82, 2.24) is 20.0 Å². The minimum atomic E-state index is -1.40. The lowest BCUT2D eigenvalue weighted by molar-refractivity contribution is -0.140. The minimum Gasteiger partial charge on any atom is -0.445 e. The summed E-state index contributed by atoms with van der Waals surface area (Å²) in [6.07, 6.45) is 0.459. The Kier molecular flexibility index (Phi) is 10.5. The zero-order valence-electron chi connectivity index (χ0n) is 26.4. The first-order chi connectivity index (χ1) is 21.8. The summed E-state index contributed by atoms with van der Waals surface area (Å²) in [5.74, 6) is -2.77. The maximum atomic E-state index is 14.1. The van der Waals surface area contributed by atoms with Crippen LogP contribution in [0, 0.1) is 12.8 Å². The van der Waals surface area contributed by atoms with Gasteiger partial charge in [0.05, 0.1) is 13.0 Å². The maximum Gasteiger partial charge on any atom is 0.408 e. The Morgan fingerprint density at radius 1 is 1.07 bits per heavy atom. The Morgan fingerprint density at radius 3 is 2.39 bits per heavy atom. The van der Waals surface area contributed by atoms with Crippen molar-refractivity contribution in [3.63, 3.8) is 0 Å². The zero-order valence-corrected chi connectivity index (χ0v) is 26.4. The van der Waals surface area contributed by atoms with Gasteiger partial charge in [0.25, 0.3) is 5.91 Å². The predicted octanol–water partition coefficient (Wildman–Crippen LogP) is 1.74. The van der Waals surface area contributed by atoms with Crippen molar-refractivity contribution >= 4 is 41.2 Å².